The van der Waals surface area contributed by atoms with E-state index in [4.69, 9.17) is 11.6 Å². The number of nitrogens with one attached hydrogen (secondary N) is 1. The Kier molecular flexibility index (Phi) is 4.57. The summed E-state index contributed by atoms with van der Waals surface area (Å²) in [5.41, 5.74) is 2.29. The highest BCUT2D eigenvalue weighted by atomic mass is 35.5. The first-order valence-corrected chi connectivity index (χ1v) is 6.72. The topological polar surface area (TPSA) is 32.3 Å². The van der Waals surface area contributed by atoms with E-state index in [2.05, 4.69) is 16.8 Å². The molecule has 2 N–H and O–H groups in total. The van der Waals surface area contributed by atoms with Crippen LogP contribution in [-0.4, -0.2) is 11.7 Å². The van der Waals surface area contributed by atoms with Gasteiger partial charge in [0, 0.05) is 11.6 Å². The normalized spacial score (nSPS) is 12.6. The standard InChI is InChI=1S/C13H14ClNOS/c14-12-3-1-11(2-4-12)13(8-16)15-7-10-5-6-17-9-10/h1-6,9,13,15-16H,7-8H2. The zero-order chi connectivity index (χ0) is 12.1. The first kappa shape index (κ1) is 12.6. The van der Waals surface area contributed by atoms with Crippen LogP contribution in [0.5, 0.6) is 0 Å². The molecule has 1 aromatic carbocycles. The van der Waals surface area contributed by atoms with E-state index in [1.165, 1.54) is 5.56 Å². The fraction of sp³-hybridized carbons (Fsp3) is 0.231. The first-order valence-electron chi connectivity index (χ1n) is 5.40. The number of hydrogen-bond acceptors (Lipinski definition) is 3. The molecule has 4 heteroatoms. The van der Waals surface area contributed by atoms with Gasteiger partial charge in [-0.3, -0.25) is 0 Å². The lowest BCUT2D eigenvalue weighted by atomic mass is 10.1. The smallest absolute Gasteiger partial charge is 0.0626 e. The fourth-order valence-corrected chi connectivity index (χ4v) is 2.41. The van der Waals surface area contributed by atoms with Gasteiger partial charge < -0.3 is 10.4 Å². The Balaban J connectivity index is 1.99. The second-order valence-electron chi connectivity index (χ2n) is 3.80. The van der Waals surface area contributed by atoms with Gasteiger partial charge in [-0.15, -0.1) is 0 Å². The molecule has 0 spiro atoms. The Morgan fingerprint density at radius 2 is 2.00 bits per heavy atom. The minimum atomic E-state index is -0.0489. The molecule has 0 aliphatic rings. The van der Waals surface area contributed by atoms with E-state index in [1.54, 1.807) is 11.3 Å². The molecule has 1 atom stereocenters. The van der Waals surface area contributed by atoms with Crippen LogP contribution in [-0.2, 0) is 6.54 Å². The summed E-state index contributed by atoms with van der Waals surface area (Å²) in [5, 5.41) is 17.6. The molecule has 0 amide bonds. The van der Waals surface area contributed by atoms with Crippen molar-refractivity contribution in [2.24, 2.45) is 0 Å². The van der Waals surface area contributed by atoms with Gasteiger partial charge in [0.15, 0.2) is 0 Å². The summed E-state index contributed by atoms with van der Waals surface area (Å²) in [6, 6.07) is 9.58. The van der Waals surface area contributed by atoms with Crippen LogP contribution in [0.15, 0.2) is 41.1 Å². The molecule has 0 fully saturated rings. The second kappa shape index (κ2) is 6.17. The predicted molar refractivity (Wildman–Crippen MR) is 72.4 cm³/mol. The van der Waals surface area contributed by atoms with Gasteiger partial charge >= 0.3 is 0 Å². The average molecular weight is 268 g/mol. The van der Waals surface area contributed by atoms with E-state index >= 15 is 0 Å². The lowest BCUT2D eigenvalue weighted by Crippen LogP contribution is -2.23. The Bertz CT molecular complexity index is 441. The third-order valence-electron chi connectivity index (χ3n) is 2.59. The van der Waals surface area contributed by atoms with E-state index in [0.717, 1.165) is 12.1 Å². The molecule has 17 heavy (non-hydrogen) atoms. The monoisotopic (exact) mass is 267 g/mol. The summed E-state index contributed by atoms with van der Waals surface area (Å²) in [4.78, 5) is 0. The molecular weight excluding hydrogens is 254 g/mol. The molecule has 0 saturated heterocycles. The van der Waals surface area contributed by atoms with E-state index < -0.39 is 0 Å². The minimum Gasteiger partial charge on any atom is -0.394 e. The van der Waals surface area contributed by atoms with E-state index in [0.29, 0.717) is 5.02 Å². The van der Waals surface area contributed by atoms with Gasteiger partial charge in [-0.25, -0.2) is 0 Å². The van der Waals surface area contributed by atoms with Crippen molar-refractivity contribution in [1.82, 2.24) is 5.32 Å². The molecule has 1 aromatic heterocycles. The van der Waals surface area contributed by atoms with Crippen molar-refractivity contribution in [3.63, 3.8) is 0 Å². The molecule has 1 heterocycles. The molecule has 90 valence electrons. The summed E-state index contributed by atoms with van der Waals surface area (Å²) in [6.45, 7) is 0.836. The van der Waals surface area contributed by atoms with Crippen molar-refractivity contribution in [2.45, 2.75) is 12.6 Å². The van der Waals surface area contributed by atoms with E-state index in [9.17, 15) is 5.11 Å². The highest BCUT2D eigenvalue weighted by Crippen LogP contribution is 2.17. The van der Waals surface area contributed by atoms with Gasteiger partial charge in [0.1, 0.15) is 0 Å². The van der Waals surface area contributed by atoms with Crippen LogP contribution in [0.2, 0.25) is 5.02 Å². The Hall–Kier alpha value is -0.870. The molecule has 0 aliphatic heterocycles. The van der Waals surface area contributed by atoms with Crippen LogP contribution in [0, 0.1) is 0 Å². The zero-order valence-corrected chi connectivity index (χ0v) is 10.8. The zero-order valence-electron chi connectivity index (χ0n) is 9.27. The molecule has 2 nitrogen and oxygen atoms in total. The fourth-order valence-electron chi connectivity index (χ4n) is 1.62. The number of aliphatic hydroxyl groups is 1. The molecule has 0 saturated carbocycles. The van der Waals surface area contributed by atoms with Crippen molar-refractivity contribution in [3.8, 4) is 0 Å². The Morgan fingerprint density at radius 3 is 2.59 bits per heavy atom. The number of benzene rings is 1. The van der Waals surface area contributed by atoms with Crippen molar-refractivity contribution >= 4 is 22.9 Å². The lowest BCUT2D eigenvalue weighted by Gasteiger charge is -2.16. The molecule has 2 aromatic rings. The quantitative estimate of drug-likeness (QED) is 0.872. The van der Waals surface area contributed by atoms with Gasteiger partial charge in [-0.2, -0.15) is 11.3 Å². The number of aliphatic hydroxyl groups excluding tert-OH is 1. The highest BCUT2D eigenvalue weighted by Gasteiger charge is 2.09. The molecular formula is C13H14ClNOS. The van der Waals surface area contributed by atoms with Gasteiger partial charge in [-0.05, 0) is 40.1 Å². The third-order valence-corrected chi connectivity index (χ3v) is 3.57. The Labute approximate surface area is 110 Å². The summed E-state index contributed by atoms with van der Waals surface area (Å²) in [7, 11) is 0. The Morgan fingerprint density at radius 1 is 1.24 bits per heavy atom. The van der Waals surface area contributed by atoms with Crippen molar-refractivity contribution in [3.05, 3.63) is 57.2 Å². The summed E-state index contributed by atoms with van der Waals surface area (Å²) in [6.07, 6.45) is 0. The largest absolute Gasteiger partial charge is 0.394 e. The highest BCUT2D eigenvalue weighted by molar-refractivity contribution is 7.07. The molecule has 2 rings (SSSR count). The van der Waals surface area contributed by atoms with Crippen LogP contribution in [0.4, 0.5) is 0 Å². The van der Waals surface area contributed by atoms with Gasteiger partial charge in [-0.1, -0.05) is 23.7 Å². The minimum absolute atomic E-state index is 0.0489. The van der Waals surface area contributed by atoms with Crippen LogP contribution in [0.25, 0.3) is 0 Å². The van der Waals surface area contributed by atoms with E-state index in [1.807, 2.05) is 29.6 Å². The van der Waals surface area contributed by atoms with Crippen LogP contribution in [0.3, 0.4) is 0 Å². The number of halogens is 1. The number of hydrogen-bond donors (Lipinski definition) is 2. The van der Waals surface area contributed by atoms with Gasteiger partial charge in [0.05, 0.1) is 12.6 Å². The van der Waals surface area contributed by atoms with Crippen molar-refractivity contribution < 1.29 is 5.11 Å². The number of rotatable bonds is 5. The molecule has 1 unspecified atom stereocenters. The lowest BCUT2D eigenvalue weighted by molar-refractivity contribution is 0.243. The maximum Gasteiger partial charge on any atom is 0.0626 e. The second-order valence-corrected chi connectivity index (χ2v) is 5.02. The predicted octanol–water partition coefficient (Wildman–Crippen LogP) is 3.22. The van der Waals surface area contributed by atoms with Crippen LogP contribution in [0.1, 0.15) is 17.2 Å². The SMILES string of the molecule is OCC(NCc1ccsc1)c1ccc(Cl)cc1. The summed E-state index contributed by atoms with van der Waals surface area (Å²) in [5.74, 6) is 0. The number of thiophene rings is 1. The van der Waals surface area contributed by atoms with Gasteiger partial charge in [0.25, 0.3) is 0 Å². The average Bonchev–Trinajstić information content (AvgIpc) is 2.85. The molecule has 0 aliphatic carbocycles. The van der Waals surface area contributed by atoms with Crippen LogP contribution >= 0.6 is 22.9 Å². The third kappa shape index (κ3) is 3.54. The van der Waals surface area contributed by atoms with Crippen molar-refractivity contribution in [2.75, 3.05) is 6.61 Å². The summed E-state index contributed by atoms with van der Waals surface area (Å²) >= 11 is 7.51. The molecule has 0 bridgehead atoms. The van der Waals surface area contributed by atoms with E-state index in [-0.39, 0.29) is 12.6 Å². The van der Waals surface area contributed by atoms with Crippen molar-refractivity contribution in [1.29, 1.82) is 0 Å². The maximum atomic E-state index is 9.38. The maximum absolute atomic E-state index is 9.38. The first-order chi connectivity index (χ1) is 8.29. The molecule has 0 radical (unpaired) electrons. The summed E-state index contributed by atoms with van der Waals surface area (Å²) < 4.78 is 0. The van der Waals surface area contributed by atoms with Gasteiger partial charge in [0.2, 0.25) is 0 Å². The van der Waals surface area contributed by atoms with Crippen LogP contribution < -0.4 is 5.32 Å².